The van der Waals surface area contributed by atoms with Crippen LogP contribution in [-0.2, 0) is 4.79 Å². The van der Waals surface area contributed by atoms with E-state index in [1.165, 1.54) is 35.9 Å². The van der Waals surface area contributed by atoms with Crippen LogP contribution in [0.3, 0.4) is 0 Å². The normalized spacial score (nSPS) is 16.1. The first kappa shape index (κ1) is 19.2. The number of thiophene rings is 1. The fourth-order valence-corrected chi connectivity index (χ4v) is 5.47. The summed E-state index contributed by atoms with van der Waals surface area (Å²) in [5.74, 6) is 0.130. The lowest BCUT2D eigenvalue weighted by Crippen LogP contribution is -2.37. The maximum Gasteiger partial charge on any atom is 0.260 e. The van der Waals surface area contributed by atoms with E-state index in [0.29, 0.717) is 15.4 Å². The summed E-state index contributed by atoms with van der Waals surface area (Å²) in [6, 6.07) is 9.86. The number of benzene rings is 1. The Morgan fingerprint density at radius 1 is 1.18 bits per heavy atom. The van der Waals surface area contributed by atoms with Crippen LogP contribution < -0.4 is 5.56 Å². The number of hydrogen-bond acceptors (Lipinski definition) is 5. The van der Waals surface area contributed by atoms with Gasteiger partial charge in [0.2, 0.25) is 5.91 Å². The number of aromatic amines is 1. The van der Waals surface area contributed by atoms with Gasteiger partial charge >= 0.3 is 0 Å². The van der Waals surface area contributed by atoms with Crippen molar-refractivity contribution in [3.05, 3.63) is 46.1 Å². The van der Waals surface area contributed by atoms with Crippen LogP contribution in [0.1, 0.15) is 32.6 Å². The molecule has 0 aliphatic carbocycles. The van der Waals surface area contributed by atoms with Crippen molar-refractivity contribution in [3.8, 4) is 11.1 Å². The number of carbonyl (C=O) groups excluding carboxylic acids is 1. The maximum absolute atomic E-state index is 12.8. The fraction of sp³-hybridized carbons (Fsp3) is 0.381. The number of nitrogens with zero attached hydrogens (tertiary/aromatic N) is 2. The van der Waals surface area contributed by atoms with E-state index in [4.69, 9.17) is 0 Å². The Kier molecular flexibility index (Phi) is 5.82. The van der Waals surface area contributed by atoms with Crippen molar-refractivity contribution in [1.29, 1.82) is 0 Å². The van der Waals surface area contributed by atoms with Gasteiger partial charge in [0.05, 0.1) is 10.6 Å². The van der Waals surface area contributed by atoms with Gasteiger partial charge < -0.3 is 9.88 Å². The van der Waals surface area contributed by atoms with Crippen molar-refractivity contribution in [3.63, 3.8) is 0 Å². The number of thioether (sulfide) groups is 1. The smallest absolute Gasteiger partial charge is 0.260 e. The molecule has 3 aromatic rings. The Labute approximate surface area is 172 Å². The van der Waals surface area contributed by atoms with Crippen LogP contribution in [0.2, 0.25) is 0 Å². The highest BCUT2D eigenvalue weighted by atomic mass is 32.2. The van der Waals surface area contributed by atoms with Gasteiger partial charge in [0.1, 0.15) is 4.83 Å². The summed E-state index contributed by atoms with van der Waals surface area (Å²) in [5.41, 5.74) is 1.76. The van der Waals surface area contributed by atoms with E-state index in [1.54, 1.807) is 0 Å². The van der Waals surface area contributed by atoms with Crippen LogP contribution >= 0.6 is 23.1 Å². The second-order valence-corrected chi connectivity index (χ2v) is 9.25. The van der Waals surface area contributed by atoms with Gasteiger partial charge in [0.15, 0.2) is 5.16 Å². The standard InChI is InChI=1S/C21H23N3O2S2/c1-14(20(26)24-11-7-2-3-8-12-24)28-21-22-18(25)17-16(13-27-19(17)23-21)15-9-5-4-6-10-15/h4-6,9-10,13-14H,2-3,7-8,11-12H2,1H3,(H,22,23,25)/t14-/m1/s1. The van der Waals surface area contributed by atoms with Gasteiger partial charge in [-0.15, -0.1) is 11.3 Å². The van der Waals surface area contributed by atoms with Crippen molar-refractivity contribution in [2.75, 3.05) is 13.1 Å². The van der Waals surface area contributed by atoms with Gasteiger partial charge in [0, 0.05) is 24.0 Å². The number of amides is 1. The van der Waals surface area contributed by atoms with Crippen molar-refractivity contribution in [2.45, 2.75) is 43.0 Å². The number of rotatable bonds is 4. The number of H-pyrrole nitrogens is 1. The molecule has 0 bridgehead atoms. The molecule has 2 aromatic heterocycles. The predicted molar refractivity (Wildman–Crippen MR) is 116 cm³/mol. The molecule has 1 amide bonds. The lowest BCUT2D eigenvalue weighted by Gasteiger charge is -2.23. The zero-order valence-electron chi connectivity index (χ0n) is 15.8. The molecule has 4 rings (SSSR count). The quantitative estimate of drug-likeness (QED) is 0.504. The summed E-state index contributed by atoms with van der Waals surface area (Å²) >= 11 is 2.80. The SMILES string of the molecule is C[C@@H](Sc1nc2scc(-c3ccccc3)c2c(=O)[nH]1)C(=O)N1CCCCCC1. The zero-order chi connectivity index (χ0) is 19.5. The van der Waals surface area contributed by atoms with Crippen LogP contribution in [0.5, 0.6) is 0 Å². The molecular weight excluding hydrogens is 390 g/mol. The molecular formula is C21H23N3O2S2. The molecule has 0 saturated carbocycles. The molecule has 5 nitrogen and oxygen atoms in total. The maximum atomic E-state index is 12.8. The first-order valence-electron chi connectivity index (χ1n) is 9.66. The third kappa shape index (κ3) is 4.00. The highest BCUT2D eigenvalue weighted by Crippen LogP contribution is 2.32. The molecule has 3 heterocycles. The van der Waals surface area contributed by atoms with E-state index >= 15 is 0 Å². The minimum atomic E-state index is -0.271. The minimum absolute atomic E-state index is 0.130. The molecule has 1 atom stereocenters. The Hall–Kier alpha value is -2.12. The van der Waals surface area contributed by atoms with E-state index in [-0.39, 0.29) is 16.7 Å². The molecule has 146 valence electrons. The molecule has 1 saturated heterocycles. The summed E-state index contributed by atoms with van der Waals surface area (Å²) in [6.07, 6.45) is 4.53. The Morgan fingerprint density at radius 2 is 1.89 bits per heavy atom. The van der Waals surface area contributed by atoms with E-state index < -0.39 is 0 Å². The second-order valence-electron chi connectivity index (χ2n) is 7.07. The average molecular weight is 414 g/mol. The van der Waals surface area contributed by atoms with Crippen LogP contribution in [0.15, 0.2) is 45.7 Å². The van der Waals surface area contributed by atoms with Crippen molar-refractivity contribution >= 4 is 39.2 Å². The Bertz CT molecular complexity index is 1020. The first-order chi connectivity index (χ1) is 13.6. The van der Waals surface area contributed by atoms with Gasteiger partial charge in [-0.25, -0.2) is 4.98 Å². The number of hydrogen-bond donors (Lipinski definition) is 1. The van der Waals surface area contributed by atoms with Crippen LogP contribution in [-0.4, -0.2) is 39.1 Å². The molecule has 1 fully saturated rings. The van der Waals surface area contributed by atoms with E-state index in [0.717, 1.165) is 37.1 Å². The van der Waals surface area contributed by atoms with Crippen molar-refractivity contribution in [2.24, 2.45) is 0 Å². The van der Waals surface area contributed by atoms with Crippen LogP contribution in [0.25, 0.3) is 21.3 Å². The number of aromatic nitrogens is 2. The number of carbonyl (C=O) groups is 1. The summed E-state index contributed by atoms with van der Waals surface area (Å²) in [4.78, 5) is 35.7. The Morgan fingerprint density at radius 3 is 2.61 bits per heavy atom. The minimum Gasteiger partial charge on any atom is -0.342 e. The average Bonchev–Trinajstić information content (AvgIpc) is 2.95. The van der Waals surface area contributed by atoms with Gasteiger partial charge in [0.25, 0.3) is 5.56 Å². The topological polar surface area (TPSA) is 66.1 Å². The summed E-state index contributed by atoms with van der Waals surface area (Å²) < 4.78 is 0. The zero-order valence-corrected chi connectivity index (χ0v) is 17.4. The molecule has 28 heavy (non-hydrogen) atoms. The second kappa shape index (κ2) is 8.49. The summed E-state index contributed by atoms with van der Waals surface area (Å²) in [5, 5.41) is 2.83. The lowest BCUT2D eigenvalue weighted by atomic mass is 10.1. The van der Waals surface area contributed by atoms with Crippen molar-refractivity contribution in [1.82, 2.24) is 14.9 Å². The number of fused-ring (bicyclic) bond motifs is 1. The number of likely N-dealkylation sites (tertiary alicyclic amines) is 1. The summed E-state index contributed by atoms with van der Waals surface area (Å²) in [6.45, 7) is 3.56. The molecule has 0 spiro atoms. The Balaban J connectivity index is 1.56. The molecule has 1 aliphatic rings. The highest BCUT2D eigenvalue weighted by molar-refractivity contribution is 8.00. The van der Waals surface area contributed by atoms with Gasteiger partial charge in [-0.2, -0.15) is 0 Å². The largest absolute Gasteiger partial charge is 0.342 e. The lowest BCUT2D eigenvalue weighted by molar-refractivity contribution is -0.130. The van der Waals surface area contributed by atoms with E-state index in [9.17, 15) is 9.59 Å². The van der Waals surface area contributed by atoms with E-state index in [1.807, 2.05) is 47.5 Å². The van der Waals surface area contributed by atoms with Crippen LogP contribution in [0, 0.1) is 0 Å². The van der Waals surface area contributed by atoms with Gasteiger partial charge in [-0.3, -0.25) is 9.59 Å². The van der Waals surface area contributed by atoms with Crippen molar-refractivity contribution < 1.29 is 4.79 Å². The summed E-state index contributed by atoms with van der Waals surface area (Å²) in [7, 11) is 0. The molecule has 7 heteroatoms. The van der Waals surface area contributed by atoms with Crippen LogP contribution in [0.4, 0.5) is 0 Å². The predicted octanol–water partition coefficient (Wildman–Crippen LogP) is 4.53. The molecule has 0 unspecified atom stereocenters. The van der Waals surface area contributed by atoms with E-state index in [2.05, 4.69) is 9.97 Å². The van der Waals surface area contributed by atoms with Gasteiger partial charge in [-0.1, -0.05) is 54.9 Å². The molecule has 0 radical (unpaired) electrons. The molecule has 1 aromatic carbocycles. The molecule has 1 aliphatic heterocycles. The van der Waals surface area contributed by atoms with Gasteiger partial charge in [-0.05, 0) is 25.3 Å². The monoisotopic (exact) mass is 413 g/mol. The highest BCUT2D eigenvalue weighted by Gasteiger charge is 2.23. The molecule has 1 N–H and O–H groups in total. The first-order valence-corrected chi connectivity index (χ1v) is 11.4. The number of nitrogens with one attached hydrogen (secondary N) is 1. The third-order valence-electron chi connectivity index (χ3n) is 5.06. The third-order valence-corrected chi connectivity index (χ3v) is 6.90. The fourth-order valence-electron chi connectivity index (χ4n) is 3.58.